The monoisotopic (exact) mass is 327 g/mol. The Kier molecular flexibility index (Phi) is 6.02. The quantitative estimate of drug-likeness (QED) is 0.843. The third-order valence-corrected chi connectivity index (χ3v) is 3.78. The Morgan fingerprint density at radius 2 is 2.11 bits per heavy atom. The molecule has 0 aliphatic heterocycles. The Bertz CT molecular complexity index is 474. The van der Waals surface area contributed by atoms with Gasteiger partial charge in [0.05, 0.1) is 0 Å². The molecule has 1 aromatic rings. The summed E-state index contributed by atoms with van der Waals surface area (Å²) in [5, 5.41) is 11.4. The highest BCUT2D eigenvalue weighted by Crippen LogP contribution is 2.19. The van der Waals surface area contributed by atoms with Crippen LogP contribution >= 0.6 is 15.9 Å². The lowest BCUT2D eigenvalue weighted by atomic mass is 10.1. The van der Waals surface area contributed by atoms with Gasteiger partial charge in [0.15, 0.2) is 0 Å². The smallest absolute Gasteiger partial charge is 0.303 e. The molecule has 1 unspecified atom stereocenters. The van der Waals surface area contributed by atoms with Crippen LogP contribution in [0.2, 0.25) is 0 Å². The summed E-state index contributed by atoms with van der Waals surface area (Å²) >= 11 is 3.39. The number of benzene rings is 1. The molecule has 1 rings (SSSR count). The van der Waals surface area contributed by atoms with Crippen LogP contribution in [0, 0.1) is 6.92 Å². The number of halogens is 1. The van der Waals surface area contributed by atoms with Gasteiger partial charge in [0, 0.05) is 22.5 Å². The lowest BCUT2D eigenvalue weighted by Gasteiger charge is -2.14. The average molecular weight is 328 g/mol. The van der Waals surface area contributed by atoms with Crippen molar-refractivity contribution in [3.8, 4) is 0 Å². The molecule has 1 atom stereocenters. The largest absolute Gasteiger partial charge is 0.481 e. The standard InChI is InChI=1S/C14H18BrNO3/c1-9(5-3-8-13(17)18)16-14(19)11-6-4-7-12(15)10(11)2/h4,6-7,9H,3,5,8H2,1-2H3,(H,16,19)(H,17,18). The molecule has 19 heavy (non-hydrogen) atoms. The van der Waals surface area contributed by atoms with Gasteiger partial charge in [0.2, 0.25) is 0 Å². The number of carboxylic acid groups (broad SMARTS) is 1. The Morgan fingerprint density at radius 3 is 2.74 bits per heavy atom. The molecule has 0 radical (unpaired) electrons. The minimum atomic E-state index is -0.804. The summed E-state index contributed by atoms with van der Waals surface area (Å²) in [4.78, 5) is 22.5. The molecule has 0 saturated carbocycles. The number of rotatable bonds is 6. The van der Waals surface area contributed by atoms with Crippen molar-refractivity contribution in [1.82, 2.24) is 5.32 Å². The van der Waals surface area contributed by atoms with Crippen molar-refractivity contribution < 1.29 is 14.7 Å². The summed E-state index contributed by atoms with van der Waals surface area (Å²) in [5.74, 6) is -0.928. The lowest BCUT2D eigenvalue weighted by Crippen LogP contribution is -2.33. The molecule has 0 spiro atoms. The first-order valence-electron chi connectivity index (χ1n) is 6.19. The number of carbonyl (C=O) groups is 2. The van der Waals surface area contributed by atoms with Crippen molar-refractivity contribution >= 4 is 27.8 Å². The fraction of sp³-hybridized carbons (Fsp3) is 0.429. The van der Waals surface area contributed by atoms with Gasteiger partial charge in [-0.3, -0.25) is 9.59 Å². The van der Waals surface area contributed by atoms with Gasteiger partial charge in [-0.05, 0) is 44.4 Å². The van der Waals surface area contributed by atoms with E-state index in [0.717, 1.165) is 10.0 Å². The van der Waals surface area contributed by atoms with Crippen molar-refractivity contribution in [2.45, 2.75) is 39.2 Å². The molecule has 1 amide bonds. The van der Waals surface area contributed by atoms with Crippen molar-refractivity contribution in [1.29, 1.82) is 0 Å². The van der Waals surface area contributed by atoms with Crippen LogP contribution in [-0.2, 0) is 4.79 Å². The van der Waals surface area contributed by atoms with Crippen LogP contribution in [0.15, 0.2) is 22.7 Å². The van der Waals surface area contributed by atoms with Gasteiger partial charge in [-0.25, -0.2) is 0 Å². The van der Waals surface area contributed by atoms with Crippen LogP contribution in [0.1, 0.15) is 42.1 Å². The van der Waals surface area contributed by atoms with Gasteiger partial charge in [-0.2, -0.15) is 0 Å². The molecular weight excluding hydrogens is 310 g/mol. The minimum absolute atomic E-state index is 0.0368. The van der Waals surface area contributed by atoms with E-state index in [1.165, 1.54) is 0 Å². The van der Waals surface area contributed by atoms with E-state index in [2.05, 4.69) is 21.2 Å². The second-order valence-corrected chi connectivity index (χ2v) is 5.43. The van der Waals surface area contributed by atoms with E-state index in [1.807, 2.05) is 26.0 Å². The third kappa shape index (κ3) is 5.03. The van der Waals surface area contributed by atoms with Gasteiger partial charge in [-0.1, -0.05) is 22.0 Å². The zero-order valence-electron chi connectivity index (χ0n) is 11.1. The molecule has 0 heterocycles. The number of hydrogen-bond acceptors (Lipinski definition) is 2. The maximum Gasteiger partial charge on any atom is 0.303 e. The normalized spacial score (nSPS) is 11.9. The van der Waals surface area contributed by atoms with Crippen LogP contribution in [0.3, 0.4) is 0 Å². The first kappa shape index (κ1) is 15.7. The highest BCUT2D eigenvalue weighted by Gasteiger charge is 2.13. The zero-order chi connectivity index (χ0) is 14.4. The highest BCUT2D eigenvalue weighted by molar-refractivity contribution is 9.10. The first-order valence-corrected chi connectivity index (χ1v) is 6.99. The maximum atomic E-state index is 12.1. The summed E-state index contributed by atoms with van der Waals surface area (Å²) in [6, 6.07) is 5.45. The Hall–Kier alpha value is -1.36. The number of carboxylic acids is 1. The van der Waals surface area contributed by atoms with Crippen LogP contribution in [0.4, 0.5) is 0 Å². The second kappa shape index (κ2) is 7.28. The van der Waals surface area contributed by atoms with Gasteiger partial charge >= 0.3 is 5.97 Å². The number of amides is 1. The molecule has 5 heteroatoms. The molecule has 0 fully saturated rings. The zero-order valence-corrected chi connectivity index (χ0v) is 12.7. The fourth-order valence-electron chi connectivity index (χ4n) is 1.79. The Morgan fingerprint density at radius 1 is 1.42 bits per heavy atom. The summed E-state index contributed by atoms with van der Waals surface area (Å²) in [6.07, 6.45) is 1.36. The summed E-state index contributed by atoms with van der Waals surface area (Å²) in [7, 11) is 0. The van der Waals surface area contributed by atoms with Crippen molar-refractivity contribution in [2.75, 3.05) is 0 Å². The van der Waals surface area contributed by atoms with Crippen LogP contribution in [-0.4, -0.2) is 23.0 Å². The molecule has 0 aromatic heterocycles. The van der Waals surface area contributed by atoms with E-state index in [-0.39, 0.29) is 18.4 Å². The predicted octanol–water partition coefficient (Wildman–Crippen LogP) is 3.13. The van der Waals surface area contributed by atoms with Crippen molar-refractivity contribution in [3.63, 3.8) is 0 Å². The molecule has 0 saturated heterocycles. The molecule has 0 aliphatic rings. The average Bonchev–Trinajstić information content (AvgIpc) is 2.31. The van der Waals surface area contributed by atoms with E-state index in [1.54, 1.807) is 6.07 Å². The van der Waals surface area contributed by atoms with Gasteiger partial charge < -0.3 is 10.4 Å². The fourth-order valence-corrected chi connectivity index (χ4v) is 2.15. The molecule has 2 N–H and O–H groups in total. The first-order chi connectivity index (χ1) is 8.91. The van der Waals surface area contributed by atoms with Gasteiger partial charge in [0.25, 0.3) is 5.91 Å². The van der Waals surface area contributed by atoms with E-state index < -0.39 is 5.97 Å². The Balaban J connectivity index is 2.54. The van der Waals surface area contributed by atoms with E-state index >= 15 is 0 Å². The number of hydrogen-bond donors (Lipinski definition) is 2. The molecule has 1 aromatic carbocycles. The van der Waals surface area contributed by atoms with E-state index in [0.29, 0.717) is 18.4 Å². The van der Waals surface area contributed by atoms with E-state index in [9.17, 15) is 9.59 Å². The number of aliphatic carboxylic acids is 1. The summed E-state index contributed by atoms with van der Waals surface area (Å²) in [5.41, 5.74) is 1.54. The topological polar surface area (TPSA) is 66.4 Å². The highest BCUT2D eigenvalue weighted by atomic mass is 79.9. The number of nitrogens with one attached hydrogen (secondary N) is 1. The van der Waals surface area contributed by atoms with Crippen molar-refractivity contribution in [2.24, 2.45) is 0 Å². The minimum Gasteiger partial charge on any atom is -0.481 e. The predicted molar refractivity (Wildman–Crippen MR) is 77.3 cm³/mol. The lowest BCUT2D eigenvalue weighted by molar-refractivity contribution is -0.137. The van der Waals surface area contributed by atoms with Gasteiger partial charge in [-0.15, -0.1) is 0 Å². The van der Waals surface area contributed by atoms with Crippen LogP contribution in [0.25, 0.3) is 0 Å². The Labute approximate surface area is 121 Å². The molecule has 0 bridgehead atoms. The van der Waals surface area contributed by atoms with Crippen LogP contribution < -0.4 is 5.32 Å². The molecule has 104 valence electrons. The number of carbonyl (C=O) groups excluding carboxylic acids is 1. The van der Waals surface area contributed by atoms with E-state index in [4.69, 9.17) is 5.11 Å². The summed E-state index contributed by atoms with van der Waals surface area (Å²) < 4.78 is 0.902. The maximum absolute atomic E-state index is 12.1. The third-order valence-electron chi connectivity index (χ3n) is 2.92. The van der Waals surface area contributed by atoms with Crippen molar-refractivity contribution in [3.05, 3.63) is 33.8 Å². The molecule has 4 nitrogen and oxygen atoms in total. The van der Waals surface area contributed by atoms with Gasteiger partial charge in [0.1, 0.15) is 0 Å². The molecular formula is C14H18BrNO3. The summed E-state index contributed by atoms with van der Waals surface area (Å²) in [6.45, 7) is 3.77. The van der Waals surface area contributed by atoms with Crippen LogP contribution in [0.5, 0.6) is 0 Å². The second-order valence-electron chi connectivity index (χ2n) is 4.57. The molecule has 0 aliphatic carbocycles. The SMILES string of the molecule is Cc1c(Br)cccc1C(=O)NC(C)CCCC(=O)O.